The Morgan fingerprint density at radius 1 is 1.56 bits per heavy atom. The summed E-state index contributed by atoms with van der Waals surface area (Å²) in [6.45, 7) is 4.01. The van der Waals surface area contributed by atoms with E-state index in [4.69, 9.17) is 4.74 Å². The molecule has 4 heteroatoms. The molecule has 0 bridgehead atoms. The minimum absolute atomic E-state index is 0.202. The minimum atomic E-state index is 0.202. The summed E-state index contributed by atoms with van der Waals surface area (Å²) in [6.07, 6.45) is 3.12. The summed E-state index contributed by atoms with van der Waals surface area (Å²) in [4.78, 5) is 4.68. The van der Waals surface area contributed by atoms with Gasteiger partial charge in [-0.05, 0) is 19.3 Å². The van der Waals surface area contributed by atoms with Crippen molar-refractivity contribution in [2.75, 3.05) is 19.8 Å². The average Bonchev–Trinajstić information content (AvgIpc) is 2.81. The highest BCUT2D eigenvalue weighted by molar-refractivity contribution is 7.09. The van der Waals surface area contributed by atoms with Gasteiger partial charge in [0.15, 0.2) is 0 Å². The highest BCUT2D eigenvalue weighted by Crippen LogP contribution is 2.31. The van der Waals surface area contributed by atoms with E-state index in [1.807, 2.05) is 0 Å². The Kier molecular flexibility index (Phi) is 4.32. The Labute approximate surface area is 100 Å². The van der Waals surface area contributed by atoms with Crippen LogP contribution in [0.25, 0.3) is 0 Å². The number of aliphatic hydroxyl groups excluding tert-OH is 1. The lowest BCUT2D eigenvalue weighted by molar-refractivity contribution is 0.0852. The molecule has 2 rings (SSSR count). The molecule has 16 heavy (non-hydrogen) atoms. The fraction of sp³-hybridized carbons (Fsp3) is 0.750. The van der Waals surface area contributed by atoms with Gasteiger partial charge in [-0.1, -0.05) is 6.92 Å². The van der Waals surface area contributed by atoms with E-state index in [1.54, 1.807) is 11.3 Å². The van der Waals surface area contributed by atoms with Crippen molar-refractivity contribution >= 4 is 11.3 Å². The first-order valence-corrected chi connectivity index (χ1v) is 6.87. The maximum atomic E-state index is 9.24. The molecule has 1 aliphatic rings. The maximum absolute atomic E-state index is 9.24. The van der Waals surface area contributed by atoms with Gasteiger partial charge in [-0.15, -0.1) is 11.3 Å². The molecule has 1 N–H and O–H groups in total. The predicted octanol–water partition coefficient (Wildman–Crippen LogP) is 2.52. The number of aromatic nitrogens is 1. The Bertz CT molecular complexity index is 317. The van der Waals surface area contributed by atoms with Crippen molar-refractivity contribution in [1.29, 1.82) is 0 Å². The number of rotatable bonds is 4. The lowest BCUT2D eigenvalue weighted by Crippen LogP contribution is -2.14. The Morgan fingerprint density at radius 3 is 2.94 bits per heavy atom. The van der Waals surface area contributed by atoms with E-state index >= 15 is 0 Å². The standard InChI is InChI=1S/C12H19NO2S/c1-2-9(7-14)11-8-16-12(13-11)10-3-5-15-6-4-10/h8-10,14H,2-7H2,1H3. The van der Waals surface area contributed by atoms with Crippen LogP contribution in [0.3, 0.4) is 0 Å². The lowest BCUT2D eigenvalue weighted by Gasteiger charge is -2.19. The fourth-order valence-electron chi connectivity index (χ4n) is 2.05. The molecule has 1 unspecified atom stereocenters. The quantitative estimate of drug-likeness (QED) is 0.880. The minimum Gasteiger partial charge on any atom is -0.396 e. The van der Waals surface area contributed by atoms with Gasteiger partial charge in [0.25, 0.3) is 0 Å². The first-order valence-electron chi connectivity index (χ1n) is 5.99. The molecule has 0 aromatic carbocycles. The first-order chi connectivity index (χ1) is 7.85. The number of hydrogen-bond acceptors (Lipinski definition) is 4. The van der Waals surface area contributed by atoms with E-state index in [9.17, 15) is 5.11 Å². The zero-order chi connectivity index (χ0) is 11.4. The van der Waals surface area contributed by atoms with Crippen molar-refractivity contribution in [3.8, 4) is 0 Å². The van der Waals surface area contributed by atoms with Gasteiger partial charge in [-0.3, -0.25) is 0 Å². The normalized spacial score (nSPS) is 19.9. The van der Waals surface area contributed by atoms with Crippen molar-refractivity contribution in [2.45, 2.75) is 38.0 Å². The molecule has 1 saturated heterocycles. The lowest BCUT2D eigenvalue weighted by atomic mass is 10.0. The smallest absolute Gasteiger partial charge is 0.0961 e. The van der Waals surface area contributed by atoms with Crippen LogP contribution in [0.2, 0.25) is 0 Å². The van der Waals surface area contributed by atoms with Crippen LogP contribution < -0.4 is 0 Å². The third-order valence-corrected chi connectivity index (χ3v) is 4.27. The van der Waals surface area contributed by atoms with Crippen molar-refractivity contribution in [1.82, 2.24) is 4.98 Å². The molecule has 0 aliphatic carbocycles. The third-order valence-electron chi connectivity index (χ3n) is 3.24. The largest absolute Gasteiger partial charge is 0.396 e. The van der Waals surface area contributed by atoms with Crippen molar-refractivity contribution in [2.24, 2.45) is 0 Å². The summed E-state index contributed by atoms with van der Waals surface area (Å²) in [5.74, 6) is 0.786. The van der Waals surface area contributed by atoms with Gasteiger partial charge >= 0.3 is 0 Å². The van der Waals surface area contributed by atoms with E-state index in [-0.39, 0.29) is 12.5 Å². The molecular formula is C12H19NO2S. The van der Waals surface area contributed by atoms with E-state index in [1.165, 1.54) is 5.01 Å². The monoisotopic (exact) mass is 241 g/mol. The van der Waals surface area contributed by atoms with E-state index in [2.05, 4.69) is 17.3 Å². The molecular weight excluding hydrogens is 222 g/mol. The molecule has 1 fully saturated rings. The first kappa shape index (κ1) is 12.0. The summed E-state index contributed by atoms with van der Waals surface area (Å²) in [5, 5.41) is 12.6. The van der Waals surface area contributed by atoms with Gasteiger partial charge in [0, 0.05) is 30.4 Å². The summed E-state index contributed by atoms with van der Waals surface area (Å²) in [6, 6.07) is 0. The number of nitrogens with zero attached hydrogens (tertiary/aromatic N) is 1. The summed E-state index contributed by atoms with van der Waals surface area (Å²) >= 11 is 1.74. The maximum Gasteiger partial charge on any atom is 0.0961 e. The Balaban J connectivity index is 2.05. The molecule has 0 saturated carbocycles. The van der Waals surface area contributed by atoms with Crippen LogP contribution in [0, 0.1) is 0 Å². The van der Waals surface area contributed by atoms with Crippen molar-refractivity contribution in [3.05, 3.63) is 16.1 Å². The van der Waals surface area contributed by atoms with Crippen LogP contribution in [-0.2, 0) is 4.74 Å². The van der Waals surface area contributed by atoms with Crippen molar-refractivity contribution in [3.63, 3.8) is 0 Å². The van der Waals surface area contributed by atoms with Crippen LogP contribution in [0.15, 0.2) is 5.38 Å². The van der Waals surface area contributed by atoms with Crippen LogP contribution in [-0.4, -0.2) is 29.9 Å². The van der Waals surface area contributed by atoms with Gasteiger partial charge in [0.05, 0.1) is 17.3 Å². The zero-order valence-electron chi connectivity index (χ0n) is 9.69. The van der Waals surface area contributed by atoms with Crippen LogP contribution in [0.1, 0.15) is 48.7 Å². The van der Waals surface area contributed by atoms with Crippen LogP contribution in [0.5, 0.6) is 0 Å². The van der Waals surface area contributed by atoms with Crippen molar-refractivity contribution < 1.29 is 9.84 Å². The van der Waals surface area contributed by atoms with E-state index < -0.39 is 0 Å². The highest BCUT2D eigenvalue weighted by Gasteiger charge is 2.20. The number of hydrogen-bond donors (Lipinski definition) is 1. The van der Waals surface area contributed by atoms with Gasteiger partial charge in [0.2, 0.25) is 0 Å². The van der Waals surface area contributed by atoms with Gasteiger partial charge in [0.1, 0.15) is 0 Å². The molecule has 0 spiro atoms. The Morgan fingerprint density at radius 2 is 2.31 bits per heavy atom. The number of aliphatic hydroxyl groups is 1. The molecule has 1 aromatic rings. The summed E-state index contributed by atoms with van der Waals surface area (Å²) in [5.41, 5.74) is 1.07. The second-order valence-electron chi connectivity index (χ2n) is 4.29. The van der Waals surface area contributed by atoms with Gasteiger partial charge in [-0.2, -0.15) is 0 Å². The molecule has 90 valence electrons. The molecule has 0 radical (unpaired) electrons. The number of thiazole rings is 1. The average molecular weight is 241 g/mol. The molecule has 2 heterocycles. The molecule has 1 aliphatic heterocycles. The molecule has 3 nitrogen and oxygen atoms in total. The summed E-state index contributed by atoms with van der Waals surface area (Å²) in [7, 11) is 0. The predicted molar refractivity (Wildman–Crippen MR) is 65.0 cm³/mol. The van der Waals surface area contributed by atoms with Gasteiger partial charge in [-0.25, -0.2) is 4.98 Å². The van der Waals surface area contributed by atoms with E-state index in [0.29, 0.717) is 5.92 Å². The third kappa shape index (κ3) is 2.62. The molecule has 1 atom stereocenters. The van der Waals surface area contributed by atoms with Gasteiger partial charge < -0.3 is 9.84 Å². The van der Waals surface area contributed by atoms with Crippen LogP contribution in [0.4, 0.5) is 0 Å². The highest BCUT2D eigenvalue weighted by atomic mass is 32.1. The second-order valence-corrected chi connectivity index (χ2v) is 5.17. The fourth-order valence-corrected chi connectivity index (χ4v) is 3.12. The molecule has 1 aromatic heterocycles. The number of ether oxygens (including phenoxy) is 1. The SMILES string of the molecule is CCC(CO)c1csc(C2CCOCC2)n1. The zero-order valence-corrected chi connectivity index (χ0v) is 10.5. The van der Waals surface area contributed by atoms with Crippen LogP contribution >= 0.6 is 11.3 Å². The van der Waals surface area contributed by atoms with E-state index in [0.717, 1.165) is 38.2 Å². The molecule has 0 amide bonds. The second kappa shape index (κ2) is 5.75. The Hall–Kier alpha value is -0.450. The topological polar surface area (TPSA) is 42.4 Å². The summed E-state index contributed by atoms with van der Waals surface area (Å²) < 4.78 is 5.35.